The Kier molecular flexibility index (Phi) is 5.77. The molecule has 1 aromatic heterocycles. The third-order valence-corrected chi connectivity index (χ3v) is 4.32. The molecule has 1 saturated heterocycles. The summed E-state index contributed by atoms with van der Waals surface area (Å²) in [6, 6.07) is 11.0. The van der Waals surface area contributed by atoms with Gasteiger partial charge in [0.2, 0.25) is 5.89 Å². The number of likely N-dealkylation sites (tertiary alicyclic amines) is 1. The van der Waals surface area contributed by atoms with E-state index in [9.17, 15) is 0 Å². The molecular weight excluding hydrogens is 300 g/mol. The first-order valence-electron chi connectivity index (χ1n) is 8.66. The smallest absolute Gasteiger partial charge is 0.223 e. The van der Waals surface area contributed by atoms with Gasteiger partial charge in [-0.1, -0.05) is 47.1 Å². The van der Waals surface area contributed by atoms with Crippen molar-refractivity contribution in [1.29, 1.82) is 0 Å². The van der Waals surface area contributed by atoms with Gasteiger partial charge in [-0.25, -0.2) is 0 Å². The number of rotatable bonds is 6. The van der Waals surface area contributed by atoms with Gasteiger partial charge in [0.05, 0.1) is 6.54 Å². The van der Waals surface area contributed by atoms with Crippen molar-refractivity contribution in [3.63, 3.8) is 0 Å². The average Bonchev–Trinajstić information content (AvgIpc) is 2.99. The van der Waals surface area contributed by atoms with Crippen LogP contribution in [0.3, 0.4) is 0 Å². The van der Waals surface area contributed by atoms with E-state index >= 15 is 0 Å². The fourth-order valence-corrected chi connectivity index (χ4v) is 3.16. The van der Waals surface area contributed by atoms with E-state index in [0.717, 1.165) is 32.0 Å². The van der Waals surface area contributed by atoms with Gasteiger partial charge in [-0.15, -0.1) is 0 Å². The third kappa shape index (κ3) is 5.01. The molecule has 2 heterocycles. The highest BCUT2D eigenvalue weighted by molar-refractivity contribution is 5.52. The number of benzene rings is 1. The Morgan fingerprint density at radius 3 is 2.96 bits per heavy atom. The van der Waals surface area contributed by atoms with Crippen molar-refractivity contribution in [3.05, 3.63) is 53.2 Å². The molecule has 1 aliphatic rings. The van der Waals surface area contributed by atoms with Crippen LogP contribution in [-0.4, -0.2) is 40.7 Å². The first-order chi connectivity index (χ1) is 11.7. The molecule has 0 bridgehead atoms. The number of aromatic nitrogens is 2. The SMILES string of the molecule is C/C(=C\c1ccccc1)CN[C@@H]1CCCN(Cc2noc(C)n2)C1. The van der Waals surface area contributed by atoms with Crippen molar-refractivity contribution >= 4 is 6.08 Å². The summed E-state index contributed by atoms with van der Waals surface area (Å²) >= 11 is 0. The van der Waals surface area contributed by atoms with Crippen LogP contribution in [0.4, 0.5) is 0 Å². The van der Waals surface area contributed by atoms with E-state index in [-0.39, 0.29) is 0 Å². The zero-order valence-electron chi connectivity index (χ0n) is 14.5. The van der Waals surface area contributed by atoms with Crippen LogP contribution in [0.25, 0.3) is 6.08 Å². The van der Waals surface area contributed by atoms with Crippen molar-refractivity contribution in [3.8, 4) is 0 Å². The Morgan fingerprint density at radius 2 is 2.21 bits per heavy atom. The predicted molar refractivity (Wildman–Crippen MR) is 95.4 cm³/mol. The summed E-state index contributed by atoms with van der Waals surface area (Å²) < 4.78 is 5.06. The van der Waals surface area contributed by atoms with E-state index in [0.29, 0.717) is 11.9 Å². The van der Waals surface area contributed by atoms with Crippen molar-refractivity contribution < 1.29 is 4.52 Å². The fraction of sp³-hybridized carbons (Fsp3) is 0.474. The molecular formula is C19H26N4O. The molecule has 0 amide bonds. The maximum atomic E-state index is 5.06. The van der Waals surface area contributed by atoms with Crippen LogP contribution in [-0.2, 0) is 6.54 Å². The zero-order valence-corrected chi connectivity index (χ0v) is 14.5. The van der Waals surface area contributed by atoms with Gasteiger partial charge in [-0.3, -0.25) is 4.90 Å². The standard InChI is InChI=1S/C19H26N4O/c1-15(11-17-7-4-3-5-8-17)12-20-18-9-6-10-23(13-18)14-19-21-16(2)24-22-19/h3-5,7-8,11,18,20H,6,9-10,12-14H2,1-2H3/b15-11+/t18-/m1/s1. The van der Waals surface area contributed by atoms with Gasteiger partial charge in [0, 0.05) is 26.1 Å². The minimum Gasteiger partial charge on any atom is -0.340 e. The molecule has 1 aliphatic heterocycles. The topological polar surface area (TPSA) is 54.2 Å². The van der Waals surface area contributed by atoms with Crippen molar-refractivity contribution in [2.24, 2.45) is 0 Å². The monoisotopic (exact) mass is 326 g/mol. The number of hydrogen-bond acceptors (Lipinski definition) is 5. The molecule has 0 spiro atoms. The van der Waals surface area contributed by atoms with E-state index in [2.05, 4.69) is 57.6 Å². The molecule has 1 aromatic carbocycles. The van der Waals surface area contributed by atoms with Crippen LogP contribution in [0.15, 0.2) is 40.4 Å². The predicted octanol–water partition coefficient (Wildman–Crippen LogP) is 3.04. The van der Waals surface area contributed by atoms with E-state index in [1.54, 1.807) is 0 Å². The average molecular weight is 326 g/mol. The van der Waals surface area contributed by atoms with Gasteiger partial charge in [0.25, 0.3) is 0 Å². The lowest BCUT2D eigenvalue weighted by atomic mass is 10.0. The summed E-state index contributed by atoms with van der Waals surface area (Å²) in [4.78, 5) is 6.71. The summed E-state index contributed by atoms with van der Waals surface area (Å²) in [5.41, 5.74) is 2.61. The Morgan fingerprint density at radius 1 is 1.38 bits per heavy atom. The van der Waals surface area contributed by atoms with Gasteiger partial charge in [-0.05, 0) is 31.9 Å². The molecule has 0 unspecified atom stereocenters. The van der Waals surface area contributed by atoms with E-state index in [1.807, 2.05) is 13.0 Å². The minimum absolute atomic E-state index is 0.519. The van der Waals surface area contributed by atoms with Crippen molar-refractivity contribution in [1.82, 2.24) is 20.4 Å². The van der Waals surface area contributed by atoms with Crippen LogP contribution in [0, 0.1) is 6.92 Å². The maximum Gasteiger partial charge on any atom is 0.223 e. The molecule has 0 saturated carbocycles. The van der Waals surface area contributed by atoms with E-state index < -0.39 is 0 Å². The molecule has 1 atom stereocenters. The van der Waals surface area contributed by atoms with Crippen molar-refractivity contribution in [2.45, 2.75) is 39.3 Å². The lowest BCUT2D eigenvalue weighted by molar-refractivity contribution is 0.179. The van der Waals surface area contributed by atoms with Gasteiger partial charge in [-0.2, -0.15) is 4.98 Å². The van der Waals surface area contributed by atoms with Gasteiger partial charge in [0.15, 0.2) is 5.82 Å². The Balaban J connectivity index is 1.47. The summed E-state index contributed by atoms with van der Waals surface area (Å²) in [7, 11) is 0. The zero-order chi connectivity index (χ0) is 16.8. The number of aryl methyl sites for hydroxylation is 1. The van der Waals surface area contributed by atoms with Crippen LogP contribution < -0.4 is 5.32 Å². The molecule has 128 valence electrons. The minimum atomic E-state index is 0.519. The molecule has 5 nitrogen and oxygen atoms in total. The first kappa shape index (κ1) is 16.9. The molecule has 0 radical (unpaired) electrons. The van der Waals surface area contributed by atoms with Crippen LogP contribution in [0.1, 0.15) is 37.0 Å². The Bertz CT molecular complexity index is 665. The molecule has 2 aromatic rings. The van der Waals surface area contributed by atoms with Crippen LogP contribution >= 0.6 is 0 Å². The quantitative estimate of drug-likeness (QED) is 0.884. The van der Waals surface area contributed by atoms with E-state index in [4.69, 9.17) is 4.52 Å². The van der Waals surface area contributed by atoms with Gasteiger partial charge in [0.1, 0.15) is 0 Å². The molecule has 24 heavy (non-hydrogen) atoms. The fourth-order valence-electron chi connectivity index (χ4n) is 3.16. The summed E-state index contributed by atoms with van der Waals surface area (Å²) in [6.07, 6.45) is 4.67. The third-order valence-electron chi connectivity index (χ3n) is 4.32. The molecule has 0 aliphatic carbocycles. The molecule has 1 N–H and O–H groups in total. The first-order valence-corrected chi connectivity index (χ1v) is 8.66. The van der Waals surface area contributed by atoms with Gasteiger partial charge < -0.3 is 9.84 Å². The summed E-state index contributed by atoms with van der Waals surface area (Å²) in [5, 5.41) is 7.69. The van der Waals surface area contributed by atoms with Crippen molar-refractivity contribution in [2.75, 3.05) is 19.6 Å². The van der Waals surface area contributed by atoms with Crippen LogP contribution in [0.5, 0.6) is 0 Å². The lowest BCUT2D eigenvalue weighted by Crippen LogP contribution is -2.45. The van der Waals surface area contributed by atoms with E-state index in [1.165, 1.54) is 24.0 Å². The Hall–Kier alpha value is -1.98. The molecule has 1 fully saturated rings. The van der Waals surface area contributed by atoms with Crippen LogP contribution in [0.2, 0.25) is 0 Å². The maximum absolute atomic E-state index is 5.06. The summed E-state index contributed by atoms with van der Waals surface area (Å²) in [5.74, 6) is 1.42. The number of nitrogens with one attached hydrogen (secondary N) is 1. The van der Waals surface area contributed by atoms with Gasteiger partial charge >= 0.3 is 0 Å². The number of nitrogens with zero attached hydrogens (tertiary/aromatic N) is 3. The second kappa shape index (κ2) is 8.22. The Labute approximate surface area is 143 Å². The summed E-state index contributed by atoms with van der Waals surface area (Å²) in [6.45, 7) is 7.85. The highest BCUT2D eigenvalue weighted by Crippen LogP contribution is 2.13. The normalized spacial score (nSPS) is 19.6. The second-order valence-electron chi connectivity index (χ2n) is 6.59. The number of hydrogen-bond donors (Lipinski definition) is 1. The number of piperidine rings is 1. The molecule has 5 heteroatoms. The molecule has 3 rings (SSSR count). The highest BCUT2D eigenvalue weighted by Gasteiger charge is 2.20. The second-order valence-corrected chi connectivity index (χ2v) is 6.59. The largest absolute Gasteiger partial charge is 0.340 e. The highest BCUT2D eigenvalue weighted by atomic mass is 16.5. The lowest BCUT2D eigenvalue weighted by Gasteiger charge is -2.32.